The lowest BCUT2D eigenvalue weighted by molar-refractivity contribution is 0.364. The molecule has 0 amide bonds. The molecule has 0 saturated heterocycles. The van der Waals surface area contributed by atoms with Crippen LogP contribution in [0.3, 0.4) is 0 Å². The molecule has 0 rings (SSSR count). The summed E-state index contributed by atoms with van der Waals surface area (Å²) in [6.07, 6.45) is 2.81. The van der Waals surface area contributed by atoms with Gasteiger partial charge < -0.3 is 0 Å². The van der Waals surface area contributed by atoms with E-state index < -0.39 is 10.1 Å². The Morgan fingerprint density at radius 1 is 1.50 bits per heavy atom. The van der Waals surface area contributed by atoms with E-state index in [1.807, 2.05) is 0 Å². The SMILES string of the molecule is C=CCOS(=O)(=O)/C=C(\C)C=C. The van der Waals surface area contributed by atoms with Crippen molar-refractivity contribution in [1.29, 1.82) is 0 Å². The Morgan fingerprint density at radius 3 is 2.50 bits per heavy atom. The van der Waals surface area contributed by atoms with Crippen LogP contribution < -0.4 is 0 Å². The third-order valence-electron chi connectivity index (χ3n) is 1.00. The van der Waals surface area contributed by atoms with E-state index in [9.17, 15) is 8.42 Å². The molecular formula is C8H12O3S. The van der Waals surface area contributed by atoms with Crippen molar-refractivity contribution < 1.29 is 12.6 Å². The fraction of sp³-hybridized carbons (Fsp3) is 0.250. The first-order valence-corrected chi connectivity index (χ1v) is 4.80. The first-order chi connectivity index (χ1) is 5.52. The maximum absolute atomic E-state index is 11.0. The van der Waals surface area contributed by atoms with Gasteiger partial charge in [-0.2, -0.15) is 8.42 Å². The topological polar surface area (TPSA) is 43.4 Å². The minimum absolute atomic E-state index is 0.0107. The molecule has 4 heteroatoms. The van der Waals surface area contributed by atoms with Crippen LogP contribution in [0.4, 0.5) is 0 Å². The van der Waals surface area contributed by atoms with Crippen LogP contribution in [0.5, 0.6) is 0 Å². The number of allylic oxidation sites excluding steroid dienone is 2. The molecule has 0 radical (unpaired) electrons. The van der Waals surface area contributed by atoms with Gasteiger partial charge >= 0.3 is 0 Å². The van der Waals surface area contributed by atoms with E-state index in [1.54, 1.807) is 6.92 Å². The van der Waals surface area contributed by atoms with Crippen LogP contribution in [0.2, 0.25) is 0 Å². The Hall–Kier alpha value is -0.870. The average Bonchev–Trinajstić information content (AvgIpc) is 2.00. The molecule has 0 aliphatic heterocycles. The van der Waals surface area contributed by atoms with Gasteiger partial charge in [-0.05, 0) is 12.5 Å². The van der Waals surface area contributed by atoms with E-state index in [-0.39, 0.29) is 6.61 Å². The molecule has 0 bridgehead atoms. The van der Waals surface area contributed by atoms with Crippen molar-refractivity contribution in [3.05, 3.63) is 36.3 Å². The van der Waals surface area contributed by atoms with Gasteiger partial charge in [-0.15, -0.1) is 6.58 Å². The molecule has 12 heavy (non-hydrogen) atoms. The molecule has 0 spiro atoms. The van der Waals surface area contributed by atoms with Gasteiger partial charge in [0.2, 0.25) is 0 Å². The fourth-order valence-electron chi connectivity index (χ4n) is 0.453. The second kappa shape index (κ2) is 4.90. The molecule has 0 aromatic rings. The van der Waals surface area contributed by atoms with Crippen LogP contribution in [0.25, 0.3) is 0 Å². The van der Waals surface area contributed by atoms with Gasteiger partial charge in [-0.3, -0.25) is 4.18 Å². The maximum Gasteiger partial charge on any atom is 0.290 e. The Kier molecular flexibility index (Phi) is 4.54. The molecule has 0 heterocycles. The van der Waals surface area contributed by atoms with Gasteiger partial charge in [0.15, 0.2) is 0 Å². The zero-order valence-corrected chi connectivity index (χ0v) is 7.80. The summed E-state index contributed by atoms with van der Waals surface area (Å²) in [6.45, 7) is 8.37. The molecule has 0 fully saturated rings. The van der Waals surface area contributed by atoms with Crippen LogP contribution in [-0.2, 0) is 14.3 Å². The molecule has 0 aromatic heterocycles. The monoisotopic (exact) mass is 188 g/mol. The summed E-state index contributed by atoms with van der Waals surface area (Å²) >= 11 is 0. The van der Waals surface area contributed by atoms with Crippen molar-refractivity contribution in [3.63, 3.8) is 0 Å². The predicted octanol–water partition coefficient (Wildman–Crippen LogP) is 1.61. The highest BCUT2D eigenvalue weighted by atomic mass is 32.2. The highest BCUT2D eigenvalue weighted by Crippen LogP contribution is 2.01. The molecule has 68 valence electrons. The van der Waals surface area contributed by atoms with Crippen LogP contribution in [0.1, 0.15) is 6.92 Å². The normalized spacial score (nSPS) is 12.6. The van der Waals surface area contributed by atoms with Gasteiger partial charge in [0.25, 0.3) is 10.1 Å². The Balaban J connectivity index is 4.42. The first kappa shape index (κ1) is 11.1. The van der Waals surface area contributed by atoms with E-state index in [0.717, 1.165) is 5.41 Å². The summed E-state index contributed by atoms with van der Waals surface area (Å²) in [5, 5.41) is 1.02. The van der Waals surface area contributed by atoms with Crippen molar-refractivity contribution >= 4 is 10.1 Å². The lowest BCUT2D eigenvalue weighted by atomic mass is 10.4. The molecular weight excluding hydrogens is 176 g/mol. The number of hydrogen-bond donors (Lipinski definition) is 0. The van der Waals surface area contributed by atoms with Crippen molar-refractivity contribution in [2.24, 2.45) is 0 Å². The lowest BCUT2D eigenvalue weighted by Gasteiger charge is -1.97. The van der Waals surface area contributed by atoms with Gasteiger partial charge in [0.05, 0.1) is 12.0 Å². The summed E-state index contributed by atoms with van der Waals surface area (Å²) in [5.41, 5.74) is 0.541. The van der Waals surface area contributed by atoms with Crippen molar-refractivity contribution in [3.8, 4) is 0 Å². The second-order valence-corrected chi connectivity index (χ2v) is 3.59. The van der Waals surface area contributed by atoms with E-state index >= 15 is 0 Å². The standard InChI is InChI=1S/C8H12O3S/c1-4-6-11-12(9,10)7-8(3)5-2/h4-5,7H,1-2,6H2,3H3/b8-7+. The summed E-state index contributed by atoms with van der Waals surface area (Å²) in [4.78, 5) is 0. The summed E-state index contributed by atoms with van der Waals surface area (Å²) in [7, 11) is -3.56. The van der Waals surface area contributed by atoms with Gasteiger partial charge in [0, 0.05) is 0 Å². The summed E-state index contributed by atoms with van der Waals surface area (Å²) in [6, 6.07) is 0. The minimum atomic E-state index is -3.56. The Morgan fingerprint density at radius 2 is 2.08 bits per heavy atom. The Labute approximate surface area is 73.2 Å². The highest BCUT2D eigenvalue weighted by Gasteiger charge is 2.04. The zero-order valence-electron chi connectivity index (χ0n) is 6.99. The molecule has 0 N–H and O–H groups in total. The first-order valence-electron chi connectivity index (χ1n) is 3.33. The highest BCUT2D eigenvalue weighted by molar-refractivity contribution is 7.89. The van der Waals surface area contributed by atoms with Crippen LogP contribution in [0, 0.1) is 0 Å². The van der Waals surface area contributed by atoms with Gasteiger partial charge in [-0.25, -0.2) is 0 Å². The van der Waals surface area contributed by atoms with Gasteiger partial charge in [-0.1, -0.05) is 18.7 Å². The predicted molar refractivity (Wildman–Crippen MR) is 49.0 cm³/mol. The molecule has 0 aliphatic rings. The molecule has 0 aliphatic carbocycles. The minimum Gasteiger partial charge on any atom is -0.263 e. The van der Waals surface area contributed by atoms with Crippen molar-refractivity contribution in [2.75, 3.05) is 6.61 Å². The average molecular weight is 188 g/mol. The Bertz CT molecular complexity index is 285. The van der Waals surface area contributed by atoms with Gasteiger partial charge in [0.1, 0.15) is 0 Å². The van der Waals surface area contributed by atoms with Crippen LogP contribution in [-0.4, -0.2) is 15.0 Å². The third kappa shape index (κ3) is 4.87. The van der Waals surface area contributed by atoms with E-state index in [4.69, 9.17) is 0 Å². The summed E-state index contributed by atoms with van der Waals surface area (Å²) < 4.78 is 26.4. The molecule has 0 aromatic carbocycles. The third-order valence-corrected chi connectivity index (χ3v) is 2.13. The van der Waals surface area contributed by atoms with Crippen LogP contribution in [0.15, 0.2) is 36.3 Å². The van der Waals surface area contributed by atoms with Crippen molar-refractivity contribution in [2.45, 2.75) is 6.92 Å². The fourth-order valence-corrected chi connectivity index (χ4v) is 1.36. The quantitative estimate of drug-likeness (QED) is 0.374. The molecule has 0 atom stereocenters. The maximum atomic E-state index is 11.0. The van der Waals surface area contributed by atoms with E-state index in [2.05, 4.69) is 17.3 Å². The molecule has 0 saturated carbocycles. The van der Waals surface area contributed by atoms with Crippen LogP contribution >= 0.6 is 0 Å². The second-order valence-electron chi connectivity index (χ2n) is 2.13. The number of hydrogen-bond acceptors (Lipinski definition) is 3. The molecule has 0 unspecified atom stereocenters. The molecule has 3 nitrogen and oxygen atoms in total. The summed E-state index contributed by atoms with van der Waals surface area (Å²) in [5.74, 6) is 0. The van der Waals surface area contributed by atoms with Crippen molar-refractivity contribution in [1.82, 2.24) is 0 Å². The van der Waals surface area contributed by atoms with E-state index in [0.29, 0.717) is 5.57 Å². The lowest BCUT2D eigenvalue weighted by Crippen LogP contribution is -2.02. The van der Waals surface area contributed by atoms with E-state index in [1.165, 1.54) is 12.2 Å². The zero-order chi connectivity index (χ0) is 9.61. The largest absolute Gasteiger partial charge is 0.290 e. The number of rotatable bonds is 5. The smallest absolute Gasteiger partial charge is 0.263 e.